The summed E-state index contributed by atoms with van der Waals surface area (Å²) in [6.07, 6.45) is 1.71. The van der Waals surface area contributed by atoms with E-state index in [0.29, 0.717) is 6.42 Å². The smallest absolute Gasteiger partial charge is 0.309 e. The van der Waals surface area contributed by atoms with E-state index >= 15 is 0 Å². The average Bonchev–Trinajstić information content (AvgIpc) is 3.53. The molecular formula is C30H40O7. The first-order valence-corrected chi connectivity index (χ1v) is 14.5. The molecule has 3 saturated heterocycles. The molecule has 4 saturated carbocycles. The highest BCUT2D eigenvalue weighted by atomic mass is 16.6. The van der Waals surface area contributed by atoms with Crippen molar-refractivity contribution in [1.82, 2.24) is 0 Å². The highest BCUT2D eigenvalue weighted by molar-refractivity contribution is 5.76. The molecule has 7 fully saturated rings. The van der Waals surface area contributed by atoms with E-state index in [1.807, 2.05) is 20.8 Å². The molecule has 0 unspecified atom stereocenters. The van der Waals surface area contributed by atoms with Crippen LogP contribution in [0.25, 0.3) is 0 Å². The van der Waals surface area contributed by atoms with Crippen LogP contribution in [0.15, 0.2) is 11.1 Å². The van der Waals surface area contributed by atoms with E-state index < -0.39 is 28.3 Å². The van der Waals surface area contributed by atoms with E-state index in [0.717, 1.165) is 24.8 Å². The maximum atomic E-state index is 13.1. The van der Waals surface area contributed by atoms with Gasteiger partial charge in [0.2, 0.25) is 0 Å². The quantitative estimate of drug-likeness (QED) is 0.380. The Balaban J connectivity index is 1.39. The Morgan fingerprint density at radius 1 is 0.892 bits per heavy atom. The van der Waals surface area contributed by atoms with E-state index in [1.165, 1.54) is 5.57 Å². The Labute approximate surface area is 218 Å². The number of rotatable bonds is 0. The van der Waals surface area contributed by atoms with Crippen molar-refractivity contribution in [1.29, 1.82) is 0 Å². The predicted octanol–water partition coefficient (Wildman–Crippen LogP) is 3.01. The number of aliphatic hydroxyl groups is 2. The fourth-order valence-corrected chi connectivity index (χ4v) is 12.3. The molecule has 3 aliphatic heterocycles. The second-order valence-corrected chi connectivity index (χ2v) is 14.7. The number of carbonyl (C=O) groups excluding carboxylic acids is 2. The second kappa shape index (κ2) is 6.47. The molecule has 0 amide bonds. The number of aliphatic hydroxyl groups excluding tert-OH is 1. The van der Waals surface area contributed by atoms with Crippen LogP contribution in [0.1, 0.15) is 67.2 Å². The third kappa shape index (κ3) is 2.18. The van der Waals surface area contributed by atoms with Crippen LogP contribution in [0.3, 0.4) is 0 Å². The van der Waals surface area contributed by atoms with Gasteiger partial charge in [0, 0.05) is 23.7 Å². The first kappa shape index (κ1) is 23.4. The molecule has 8 rings (SSSR count). The maximum absolute atomic E-state index is 13.1. The molecular weight excluding hydrogens is 472 g/mol. The van der Waals surface area contributed by atoms with Crippen molar-refractivity contribution in [2.24, 2.45) is 58.7 Å². The second-order valence-electron chi connectivity index (χ2n) is 14.7. The fraction of sp³-hybridized carbons (Fsp3) is 0.867. The van der Waals surface area contributed by atoms with Crippen LogP contribution in [-0.4, -0.2) is 57.3 Å². The third-order valence-corrected chi connectivity index (χ3v) is 13.5. The molecule has 16 atom stereocenters. The largest absolute Gasteiger partial charge is 0.461 e. The molecule has 37 heavy (non-hydrogen) atoms. The van der Waals surface area contributed by atoms with Gasteiger partial charge in [-0.1, -0.05) is 19.4 Å². The Hall–Kier alpha value is -1.44. The lowest BCUT2D eigenvalue weighted by Crippen LogP contribution is -2.64. The summed E-state index contributed by atoms with van der Waals surface area (Å²) in [5.41, 5.74) is -0.528. The van der Waals surface area contributed by atoms with E-state index in [2.05, 4.69) is 20.8 Å². The van der Waals surface area contributed by atoms with Crippen molar-refractivity contribution < 1.29 is 34.0 Å². The Bertz CT molecular complexity index is 1170. The van der Waals surface area contributed by atoms with Crippen molar-refractivity contribution in [3.63, 3.8) is 0 Å². The monoisotopic (exact) mass is 512 g/mol. The van der Waals surface area contributed by atoms with Gasteiger partial charge in [0.15, 0.2) is 0 Å². The molecule has 5 bridgehead atoms. The van der Waals surface area contributed by atoms with Crippen LogP contribution < -0.4 is 0 Å². The minimum absolute atomic E-state index is 0.00116. The fourth-order valence-electron chi connectivity index (χ4n) is 12.3. The van der Waals surface area contributed by atoms with E-state index in [-0.39, 0.29) is 77.4 Å². The number of ether oxygens (including phenoxy) is 3. The number of allylic oxidation sites excluding steroid dienone is 1. The number of fused-ring (bicyclic) bond motifs is 7. The normalized spacial score (nSPS) is 64.5. The molecule has 3 heterocycles. The molecule has 2 N–H and O–H groups in total. The molecule has 0 radical (unpaired) electrons. The lowest BCUT2D eigenvalue weighted by atomic mass is 9.54. The van der Waals surface area contributed by atoms with Crippen LogP contribution in [0.2, 0.25) is 0 Å². The zero-order chi connectivity index (χ0) is 26.2. The molecule has 5 aliphatic carbocycles. The summed E-state index contributed by atoms with van der Waals surface area (Å²) in [5.74, 6) is -0.748. The lowest BCUT2D eigenvalue weighted by Gasteiger charge is -2.55. The van der Waals surface area contributed by atoms with Crippen LogP contribution in [-0.2, 0) is 23.8 Å². The van der Waals surface area contributed by atoms with Crippen molar-refractivity contribution in [2.45, 2.75) is 102 Å². The standard InChI is InChI=1S/C30H40O7/c1-11-14-7-9-27(4,34)20-16(21(14)35-25(11)32)13(3)19-17(20)18-22-28(5)10-8-15-12(2)26(33)36-24(15)30(19,22)29(6,37-28)23(18)31/h11-12,14-15,17-24,31,34H,7-10H2,1-6H3/t11-,12-,14-,15-,17-,18+,19-,20+,21-,22-,23-,24-,27-,28-,29+,30-/m0/s1. The Morgan fingerprint density at radius 2 is 1.54 bits per heavy atom. The van der Waals surface area contributed by atoms with E-state index in [1.54, 1.807) is 0 Å². The van der Waals surface area contributed by atoms with Crippen LogP contribution in [0.4, 0.5) is 0 Å². The molecule has 0 aromatic carbocycles. The van der Waals surface area contributed by atoms with Crippen molar-refractivity contribution >= 4 is 11.9 Å². The number of carbonyl (C=O) groups is 2. The van der Waals surface area contributed by atoms with Gasteiger partial charge in [-0.2, -0.15) is 0 Å². The zero-order valence-corrected chi connectivity index (χ0v) is 22.7. The minimum atomic E-state index is -0.974. The topological polar surface area (TPSA) is 102 Å². The highest BCUT2D eigenvalue weighted by Gasteiger charge is 2.91. The van der Waals surface area contributed by atoms with Gasteiger partial charge in [-0.3, -0.25) is 9.59 Å². The van der Waals surface area contributed by atoms with Crippen molar-refractivity contribution in [3.8, 4) is 0 Å². The van der Waals surface area contributed by atoms with Crippen LogP contribution in [0, 0.1) is 58.7 Å². The van der Waals surface area contributed by atoms with Crippen molar-refractivity contribution in [3.05, 3.63) is 11.1 Å². The third-order valence-electron chi connectivity index (χ3n) is 13.5. The van der Waals surface area contributed by atoms with Gasteiger partial charge in [-0.05, 0) is 76.7 Å². The minimum Gasteiger partial charge on any atom is -0.461 e. The van der Waals surface area contributed by atoms with Gasteiger partial charge in [-0.15, -0.1) is 0 Å². The summed E-state index contributed by atoms with van der Waals surface area (Å²) in [5, 5.41) is 24.2. The summed E-state index contributed by atoms with van der Waals surface area (Å²) in [7, 11) is 0. The Morgan fingerprint density at radius 3 is 2.27 bits per heavy atom. The molecule has 0 aromatic rings. The number of hydrogen-bond acceptors (Lipinski definition) is 7. The SMILES string of the molecule is CC1=C2[C@H]3OC(=O)[C@@H](C)[C@@H]3CC[C@](C)(O)[C@H]2[C@H]2[C@@H]3[C@@H]4[C@]5([C@H]6OC(=O)[C@@H](C)[C@@H]6CC[C@]4(C)O[C@]5(C)[C@H]3O)[C@@H]12. The summed E-state index contributed by atoms with van der Waals surface area (Å²) in [6.45, 7) is 12.4. The molecule has 0 aromatic heterocycles. The zero-order valence-electron chi connectivity index (χ0n) is 22.7. The number of esters is 2. The average molecular weight is 513 g/mol. The molecule has 7 nitrogen and oxygen atoms in total. The van der Waals surface area contributed by atoms with Crippen molar-refractivity contribution in [2.75, 3.05) is 0 Å². The van der Waals surface area contributed by atoms with Gasteiger partial charge in [0.05, 0.1) is 34.6 Å². The first-order chi connectivity index (χ1) is 17.3. The van der Waals surface area contributed by atoms with Gasteiger partial charge < -0.3 is 24.4 Å². The van der Waals surface area contributed by atoms with Gasteiger partial charge >= 0.3 is 11.9 Å². The van der Waals surface area contributed by atoms with Gasteiger partial charge in [0.25, 0.3) is 0 Å². The van der Waals surface area contributed by atoms with Gasteiger partial charge in [-0.25, -0.2) is 0 Å². The summed E-state index contributed by atoms with van der Waals surface area (Å²) >= 11 is 0. The first-order valence-electron chi connectivity index (χ1n) is 14.5. The summed E-state index contributed by atoms with van der Waals surface area (Å²) in [4.78, 5) is 25.8. The van der Waals surface area contributed by atoms with E-state index in [4.69, 9.17) is 14.2 Å². The Kier molecular flexibility index (Phi) is 4.10. The van der Waals surface area contributed by atoms with Gasteiger partial charge in [0.1, 0.15) is 17.8 Å². The van der Waals surface area contributed by atoms with E-state index in [9.17, 15) is 19.8 Å². The van der Waals surface area contributed by atoms with Crippen LogP contribution >= 0.6 is 0 Å². The molecule has 7 heteroatoms. The highest BCUT2D eigenvalue weighted by Crippen LogP contribution is 2.85. The molecule has 202 valence electrons. The molecule has 0 spiro atoms. The lowest BCUT2D eigenvalue weighted by molar-refractivity contribution is -0.254. The number of hydrogen-bond donors (Lipinski definition) is 2. The summed E-state index contributed by atoms with van der Waals surface area (Å²) < 4.78 is 19.4. The maximum Gasteiger partial charge on any atom is 0.309 e. The predicted molar refractivity (Wildman–Crippen MR) is 131 cm³/mol. The summed E-state index contributed by atoms with van der Waals surface area (Å²) in [6, 6.07) is 0. The molecule has 8 aliphatic rings. The van der Waals surface area contributed by atoms with Crippen LogP contribution in [0.5, 0.6) is 0 Å².